The second kappa shape index (κ2) is 6.14. The van der Waals surface area contributed by atoms with Gasteiger partial charge in [-0.1, -0.05) is 42.0 Å². The lowest BCUT2D eigenvalue weighted by molar-refractivity contribution is 0.0902. The molecule has 0 atom stereocenters. The van der Waals surface area contributed by atoms with Gasteiger partial charge in [-0.3, -0.25) is 9.36 Å². The smallest absolute Gasteiger partial charge is 0.232 e. The van der Waals surface area contributed by atoms with E-state index in [2.05, 4.69) is 36.2 Å². The molecule has 2 aromatic carbocycles. The first-order valence-corrected chi connectivity index (χ1v) is 7.68. The molecule has 112 valence electrons. The third-order valence-electron chi connectivity index (χ3n) is 3.95. The van der Waals surface area contributed by atoms with Gasteiger partial charge in [0.25, 0.3) is 0 Å². The summed E-state index contributed by atoms with van der Waals surface area (Å²) in [4.78, 5) is 17.0. The van der Waals surface area contributed by atoms with E-state index in [1.165, 1.54) is 11.1 Å². The highest BCUT2D eigenvalue weighted by Crippen LogP contribution is 2.17. The summed E-state index contributed by atoms with van der Waals surface area (Å²) in [7, 11) is 0. The Morgan fingerprint density at radius 1 is 1.05 bits per heavy atom. The summed E-state index contributed by atoms with van der Waals surface area (Å²) in [6.45, 7) is 3.97. The van der Waals surface area contributed by atoms with Crippen molar-refractivity contribution >= 4 is 16.9 Å². The minimum atomic E-state index is 0.123. The minimum Gasteiger partial charge on any atom is -0.274 e. The van der Waals surface area contributed by atoms with Crippen LogP contribution in [0.1, 0.15) is 34.6 Å². The largest absolute Gasteiger partial charge is 0.274 e. The number of benzene rings is 2. The Morgan fingerprint density at radius 2 is 1.77 bits per heavy atom. The molecular weight excluding hydrogens is 272 g/mol. The molecule has 0 unspecified atom stereocenters. The van der Waals surface area contributed by atoms with E-state index >= 15 is 0 Å². The highest BCUT2D eigenvalue weighted by molar-refractivity contribution is 5.91. The normalized spacial score (nSPS) is 11.0. The third-order valence-corrected chi connectivity index (χ3v) is 3.95. The number of imidazole rings is 1. The van der Waals surface area contributed by atoms with Crippen molar-refractivity contribution < 1.29 is 4.79 Å². The van der Waals surface area contributed by atoms with Crippen molar-refractivity contribution in [3.05, 3.63) is 65.5 Å². The van der Waals surface area contributed by atoms with Gasteiger partial charge in [0.1, 0.15) is 5.82 Å². The Morgan fingerprint density at radius 3 is 2.55 bits per heavy atom. The van der Waals surface area contributed by atoms with E-state index < -0.39 is 0 Å². The van der Waals surface area contributed by atoms with E-state index in [0.29, 0.717) is 6.42 Å². The molecule has 3 rings (SSSR count). The number of para-hydroxylation sites is 2. The van der Waals surface area contributed by atoms with Gasteiger partial charge in [0.15, 0.2) is 0 Å². The number of hydrogen-bond donors (Lipinski definition) is 0. The molecule has 0 saturated carbocycles. The first-order chi connectivity index (χ1) is 10.6. The van der Waals surface area contributed by atoms with E-state index in [1.54, 1.807) is 4.57 Å². The van der Waals surface area contributed by atoms with Crippen LogP contribution in [0.4, 0.5) is 0 Å². The maximum Gasteiger partial charge on any atom is 0.232 e. The molecule has 0 N–H and O–H groups in total. The number of aromatic nitrogens is 2. The van der Waals surface area contributed by atoms with Gasteiger partial charge in [0.2, 0.25) is 5.91 Å². The van der Waals surface area contributed by atoms with Crippen molar-refractivity contribution in [2.24, 2.45) is 0 Å². The van der Waals surface area contributed by atoms with Crippen LogP contribution in [0.15, 0.2) is 48.5 Å². The number of rotatable bonds is 4. The molecule has 3 nitrogen and oxygen atoms in total. The maximum atomic E-state index is 12.5. The highest BCUT2D eigenvalue weighted by Gasteiger charge is 2.13. The van der Waals surface area contributed by atoms with Crippen LogP contribution in [-0.2, 0) is 6.42 Å². The summed E-state index contributed by atoms with van der Waals surface area (Å²) in [5.41, 5.74) is 4.33. The fourth-order valence-electron chi connectivity index (χ4n) is 2.77. The summed E-state index contributed by atoms with van der Waals surface area (Å²) in [5, 5.41) is 0. The number of nitrogens with zero attached hydrogens (tertiary/aromatic N) is 2. The van der Waals surface area contributed by atoms with Crippen molar-refractivity contribution in [2.75, 3.05) is 0 Å². The van der Waals surface area contributed by atoms with Crippen LogP contribution in [-0.4, -0.2) is 15.5 Å². The average molecular weight is 292 g/mol. The summed E-state index contributed by atoms with van der Waals surface area (Å²) in [6, 6.07) is 16.3. The van der Waals surface area contributed by atoms with Gasteiger partial charge in [-0.05, 0) is 44.4 Å². The monoisotopic (exact) mass is 292 g/mol. The van der Waals surface area contributed by atoms with E-state index in [-0.39, 0.29) is 5.91 Å². The lowest BCUT2D eigenvalue weighted by atomic mass is 10.1. The van der Waals surface area contributed by atoms with Crippen LogP contribution in [0.25, 0.3) is 11.0 Å². The Kier molecular flexibility index (Phi) is 4.05. The van der Waals surface area contributed by atoms with Crippen molar-refractivity contribution in [2.45, 2.75) is 33.1 Å². The predicted octanol–water partition coefficient (Wildman–Crippen LogP) is 4.32. The molecule has 1 heterocycles. The second-order valence-corrected chi connectivity index (χ2v) is 5.72. The van der Waals surface area contributed by atoms with Crippen LogP contribution < -0.4 is 0 Å². The van der Waals surface area contributed by atoms with E-state index in [0.717, 1.165) is 29.7 Å². The van der Waals surface area contributed by atoms with Crippen LogP contribution >= 0.6 is 0 Å². The van der Waals surface area contributed by atoms with Gasteiger partial charge in [0, 0.05) is 6.42 Å². The van der Waals surface area contributed by atoms with E-state index in [4.69, 9.17) is 0 Å². The Labute approximate surface area is 130 Å². The molecule has 0 amide bonds. The molecule has 0 radical (unpaired) electrons. The van der Waals surface area contributed by atoms with Crippen LogP contribution in [0.2, 0.25) is 0 Å². The second-order valence-electron chi connectivity index (χ2n) is 5.72. The first kappa shape index (κ1) is 14.5. The SMILES string of the molecule is Cc1ccc(CCCC(=O)n2c(C)nc3ccccc32)cc1. The summed E-state index contributed by atoms with van der Waals surface area (Å²) >= 11 is 0. The molecule has 1 aromatic heterocycles. The van der Waals surface area contributed by atoms with Gasteiger partial charge in [-0.25, -0.2) is 4.98 Å². The molecule has 0 aliphatic carbocycles. The van der Waals surface area contributed by atoms with Crippen molar-refractivity contribution in [1.29, 1.82) is 0 Å². The van der Waals surface area contributed by atoms with Crippen molar-refractivity contribution in [3.63, 3.8) is 0 Å². The van der Waals surface area contributed by atoms with E-state index in [9.17, 15) is 4.79 Å². The van der Waals surface area contributed by atoms with Gasteiger partial charge < -0.3 is 0 Å². The Hall–Kier alpha value is -2.42. The molecule has 0 spiro atoms. The average Bonchev–Trinajstić information content (AvgIpc) is 2.85. The quantitative estimate of drug-likeness (QED) is 0.718. The molecule has 3 aromatic rings. The van der Waals surface area contributed by atoms with Crippen molar-refractivity contribution in [1.82, 2.24) is 9.55 Å². The van der Waals surface area contributed by atoms with Crippen LogP contribution in [0, 0.1) is 13.8 Å². The van der Waals surface area contributed by atoms with Gasteiger partial charge >= 0.3 is 0 Å². The molecule has 0 bridgehead atoms. The fourth-order valence-corrected chi connectivity index (χ4v) is 2.77. The lowest BCUT2D eigenvalue weighted by Gasteiger charge is -2.06. The number of carbonyl (C=O) groups excluding carboxylic acids is 1. The Bertz CT molecular complexity index is 800. The number of carbonyl (C=O) groups is 1. The number of fused-ring (bicyclic) bond motifs is 1. The summed E-state index contributed by atoms with van der Waals surface area (Å²) in [5.74, 6) is 0.889. The van der Waals surface area contributed by atoms with Crippen LogP contribution in [0.5, 0.6) is 0 Å². The zero-order chi connectivity index (χ0) is 15.5. The van der Waals surface area contributed by atoms with E-state index in [1.807, 2.05) is 31.2 Å². The van der Waals surface area contributed by atoms with Crippen molar-refractivity contribution in [3.8, 4) is 0 Å². The topological polar surface area (TPSA) is 34.9 Å². The highest BCUT2D eigenvalue weighted by atomic mass is 16.2. The molecule has 3 heteroatoms. The molecule has 0 aliphatic heterocycles. The van der Waals surface area contributed by atoms with Gasteiger partial charge in [0.05, 0.1) is 11.0 Å². The first-order valence-electron chi connectivity index (χ1n) is 7.68. The zero-order valence-electron chi connectivity index (χ0n) is 13.0. The molecule has 0 fully saturated rings. The van der Waals surface area contributed by atoms with Gasteiger partial charge in [-0.2, -0.15) is 0 Å². The minimum absolute atomic E-state index is 0.123. The van der Waals surface area contributed by atoms with Gasteiger partial charge in [-0.15, -0.1) is 0 Å². The molecule has 0 saturated heterocycles. The Balaban J connectivity index is 1.68. The summed E-state index contributed by atoms with van der Waals surface area (Å²) < 4.78 is 1.74. The number of aryl methyl sites for hydroxylation is 3. The number of hydrogen-bond acceptors (Lipinski definition) is 2. The fraction of sp³-hybridized carbons (Fsp3) is 0.263. The zero-order valence-corrected chi connectivity index (χ0v) is 13.0. The summed E-state index contributed by atoms with van der Waals surface area (Å²) in [6.07, 6.45) is 2.32. The lowest BCUT2D eigenvalue weighted by Crippen LogP contribution is -2.12. The molecular formula is C19H20N2O. The molecule has 0 aliphatic rings. The standard InChI is InChI=1S/C19H20N2O/c1-14-10-12-16(13-11-14)6-5-9-19(22)21-15(2)20-17-7-3-4-8-18(17)21/h3-4,7-8,10-13H,5-6,9H2,1-2H3. The van der Waals surface area contributed by atoms with Crippen LogP contribution in [0.3, 0.4) is 0 Å². The predicted molar refractivity (Wildman–Crippen MR) is 89.2 cm³/mol. The third kappa shape index (κ3) is 2.93. The molecule has 22 heavy (non-hydrogen) atoms. The maximum absolute atomic E-state index is 12.5.